The molecule has 5 aromatic rings. The summed E-state index contributed by atoms with van der Waals surface area (Å²) in [5, 5.41) is 0. The van der Waals surface area contributed by atoms with Crippen LogP contribution >= 0.6 is 0 Å². The topological polar surface area (TPSA) is 18.5 Å². The van der Waals surface area contributed by atoms with Crippen molar-refractivity contribution in [3.05, 3.63) is 166 Å². The van der Waals surface area contributed by atoms with E-state index in [4.69, 9.17) is 9.47 Å². The van der Waals surface area contributed by atoms with E-state index < -0.39 is 0 Å². The van der Waals surface area contributed by atoms with E-state index in [9.17, 15) is 0 Å². The summed E-state index contributed by atoms with van der Waals surface area (Å²) in [4.78, 5) is 0. The maximum atomic E-state index is 5.97. The standard InChI is InChI=1S/C62H70O2/c1-3-5-7-9-11-13-15-17-19-21-51-63-61-47-43-59(44-48-61)41-39-57-35-31-55(32-36-57)29-27-53-23-25-54(26-24-53)28-30-56-33-37-58(38-34-56)40-42-60-45-49-62(50-46-60)64-52-22-20-18-16-14-12-10-8-6-4-2/h23-26,31-38,43-50H,3-22,51-52H2,1-2H3. The molecule has 5 aromatic carbocycles. The fourth-order valence-electron chi connectivity index (χ4n) is 7.32. The Bertz CT molecular complexity index is 2120. The van der Waals surface area contributed by atoms with E-state index in [1.165, 1.54) is 116 Å². The molecule has 0 fully saturated rings. The van der Waals surface area contributed by atoms with Crippen molar-refractivity contribution in [3.63, 3.8) is 0 Å². The highest BCUT2D eigenvalue weighted by Crippen LogP contribution is 2.17. The summed E-state index contributed by atoms with van der Waals surface area (Å²) in [7, 11) is 0. The van der Waals surface area contributed by atoms with Crippen LogP contribution in [0.3, 0.4) is 0 Å². The van der Waals surface area contributed by atoms with Crippen molar-refractivity contribution in [1.29, 1.82) is 0 Å². The Labute approximate surface area is 388 Å². The maximum Gasteiger partial charge on any atom is 0.119 e. The molecular formula is C62H70O2. The zero-order chi connectivity index (χ0) is 44.5. The maximum absolute atomic E-state index is 5.97. The quantitative estimate of drug-likeness (QED) is 0.0455. The summed E-state index contributed by atoms with van der Waals surface area (Å²) in [6.45, 7) is 6.10. The molecule has 0 aromatic heterocycles. The Kier molecular flexibility index (Phi) is 23.6. The fourth-order valence-corrected chi connectivity index (χ4v) is 7.32. The highest BCUT2D eigenvalue weighted by molar-refractivity contribution is 5.51. The van der Waals surface area contributed by atoms with Crippen molar-refractivity contribution in [2.24, 2.45) is 0 Å². The lowest BCUT2D eigenvalue weighted by atomic mass is 10.1. The monoisotopic (exact) mass is 847 g/mol. The van der Waals surface area contributed by atoms with E-state index in [0.29, 0.717) is 0 Å². The van der Waals surface area contributed by atoms with Crippen molar-refractivity contribution >= 4 is 0 Å². The SMILES string of the molecule is CCCCCCCCCCCCOc1ccc(C#Cc2ccc(C#Cc3ccc(C#Cc4ccc(C#Cc5ccc(OCCCCCCCCCCCC)cc5)cc4)cc3)cc2)cc1. The third kappa shape index (κ3) is 20.9. The van der Waals surface area contributed by atoms with Gasteiger partial charge in [0.1, 0.15) is 11.5 Å². The molecule has 0 saturated heterocycles. The lowest BCUT2D eigenvalue weighted by Crippen LogP contribution is -1.97. The van der Waals surface area contributed by atoms with Gasteiger partial charge in [-0.05, 0) is 134 Å². The molecule has 0 amide bonds. The van der Waals surface area contributed by atoms with Crippen LogP contribution in [0.15, 0.2) is 121 Å². The molecule has 5 rings (SSSR count). The number of ether oxygens (including phenoxy) is 2. The van der Waals surface area contributed by atoms with Gasteiger partial charge in [-0.1, -0.05) is 177 Å². The van der Waals surface area contributed by atoms with Crippen LogP contribution in [0.5, 0.6) is 11.5 Å². The first kappa shape index (κ1) is 49.0. The molecular weight excluding hydrogens is 777 g/mol. The zero-order valence-electron chi connectivity index (χ0n) is 38.9. The van der Waals surface area contributed by atoms with E-state index in [1.54, 1.807) is 0 Å². The van der Waals surface area contributed by atoms with Crippen LogP contribution in [-0.2, 0) is 0 Å². The van der Waals surface area contributed by atoms with Crippen LogP contribution in [0.2, 0.25) is 0 Å². The number of hydrogen-bond acceptors (Lipinski definition) is 2. The van der Waals surface area contributed by atoms with Gasteiger partial charge in [0.15, 0.2) is 0 Å². The first-order valence-corrected chi connectivity index (χ1v) is 24.5. The summed E-state index contributed by atoms with van der Waals surface area (Å²) in [6, 6.07) is 40.4. The summed E-state index contributed by atoms with van der Waals surface area (Å²) < 4.78 is 11.9. The predicted molar refractivity (Wildman–Crippen MR) is 271 cm³/mol. The van der Waals surface area contributed by atoms with Gasteiger partial charge in [-0.2, -0.15) is 0 Å². The first-order chi connectivity index (χ1) is 31.7. The molecule has 64 heavy (non-hydrogen) atoms. The number of rotatable bonds is 24. The smallest absolute Gasteiger partial charge is 0.119 e. The van der Waals surface area contributed by atoms with Gasteiger partial charge in [0.05, 0.1) is 13.2 Å². The minimum Gasteiger partial charge on any atom is -0.494 e. The van der Waals surface area contributed by atoms with Gasteiger partial charge in [-0.3, -0.25) is 0 Å². The van der Waals surface area contributed by atoms with Gasteiger partial charge < -0.3 is 9.47 Å². The molecule has 0 heterocycles. The number of hydrogen-bond donors (Lipinski definition) is 0. The Morgan fingerprint density at radius 2 is 0.406 bits per heavy atom. The highest BCUT2D eigenvalue weighted by Gasteiger charge is 1.99. The molecule has 330 valence electrons. The number of benzene rings is 5. The molecule has 0 radical (unpaired) electrons. The van der Waals surface area contributed by atoms with Gasteiger partial charge >= 0.3 is 0 Å². The predicted octanol–water partition coefficient (Wildman–Crippen LogP) is 15.9. The largest absolute Gasteiger partial charge is 0.494 e. The van der Waals surface area contributed by atoms with Gasteiger partial charge in [0.25, 0.3) is 0 Å². The van der Waals surface area contributed by atoms with E-state index in [2.05, 4.69) is 61.2 Å². The lowest BCUT2D eigenvalue weighted by molar-refractivity contribution is 0.304. The highest BCUT2D eigenvalue weighted by atomic mass is 16.5. The minimum atomic E-state index is 0.776. The van der Waals surface area contributed by atoms with Crippen LogP contribution < -0.4 is 9.47 Å². The Balaban J connectivity index is 0.969. The van der Waals surface area contributed by atoms with Crippen molar-refractivity contribution in [1.82, 2.24) is 0 Å². The molecule has 0 saturated carbocycles. The average Bonchev–Trinajstić information content (AvgIpc) is 3.34. The van der Waals surface area contributed by atoms with E-state index >= 15 is 0 Å². The zero-order valence-corrected chi connectivity index (χ0v) is 38.9. The van der Waals surface area contributed by atoms with Crippen LogP contribution in [0.25, 0.3) is 0 Å². The lowest BCUT2D eigenvalue weighted by Gasteiger charge is -2.06. The van der Waals surface area contributed by atoms with Gasteiger partial charge in [-0.25, -0.2) is 0 Å². The van der Waals surface area contributed by atoms with Crippen LogP contribution in [0, 0.1) is 47.4 Å². The summed E-state index contributed by atoms with van der Waals surface area (Å²) in [5.74, 6) is 28.0. The second-order valence-electron chi connectivity index (χ2n) is 16.8. The van der Waals surface area contributed by atoms with Crippen molar-refractivity contribution in [2.75, 3.05) is 13.2 Å². The molecule has 0 aliphatic heterocycles. The molecule has 0 aliphatic rings. The first-order valence-electron chi connectivity index (χ1n) is 24.5. The van der Waals surface area contributed by atoms with Crippen molar-refractivity contribution in [2.45, 2.75) is 142 Å². The van der Waals surface area contributed by atoms with Gasteiger partial charge in [0, 0.05) is 44.5 Å². The van der Waals surface area contributed by atoms with E-state index in [1.807, 2.05) is 121 Å². The van der Waals surface area contributed by atoms with E-state index in [0.717, 1.165) is 82.1 Å². The van der Waals surface area contributed by atoms with Crippen molar-refractivity contribution in [3.8, 4) is 58.9 Å². The van der Waals surface area contributed by atoms with Crippen LogP contribution in [0.4, 0.5) is 0 Å². The molecule has 0 bridgehead atoms. The average molecular weight is 847 g/mol. The Morgan fingerprint density at radius 3 is 0.609 bits per heavy atom. The molecule has 0 aliphatic carbocycles. The van der Waals surface area contributed by atoms with Gasteiger partial charge in [0.2, 0.25) is 0 Å². The Hall–Kier alpha value is -6.06. The normalized spacial score (nSPS) is 10.3. The third-order valence-corrected chi connectivity index (χ3v) is 11.3. The van der Waals surface area contributed by atoms with Crippen molar-refractivity contribution < 1.29 is 9.47 Å². The van der Waals surface area contributed by atoms with Crippen LogP contribution in [0.1, 0.15) is 187 Å². The summed E-state index contributed by atoms with van der Waals surface area (Å²) in [6.07, 6.45) is 26.6. The second-order valence-corrected chi connectivity index (χ2v) is 16.8. The second kappa shape index (κ2) is 30.9. The van der Waals surface area contributed by atoms with Crippen LogP contribution in [-0.4, -0.2) is 13.2 Å². The summed E-state index contributed by atoms with van der Waals surface area (Å²) in [5.41, 5.74) is 7.64. The summed E-state index contributed by atoms with van der Waals surface area (Å²) >= 11 is 0. The minimum absolute atomic E-state index is 0.776. The molecule has 0 N–H and O–H groups in total. The molecule has 0 spiro atoms. The third-order valence-electron chi connectivity index (χ3n) is 11.3. The molecule has 2 heteroatoms. The Morgan fingerprint density at radius 1 is 0.234 bits per heavy atom. The number of unbranched alkanes of at least 4 members (excludes halogenated alkanes) is 18. The van der Waals surface area contributed by atoms with Gasteiger partial charge in [-0.15, -0.1) is 0 Å². The van der Waals surface area contributed by atoms with E-state index in [-0.39, 0.29) is 0 Å². The molecule has 2 nitrogen and oxygen atoms in total. The molecule has 0 atom stereocenters. The molecule has 0 unspecified atom stereocenters. The fraction of sp³-hybridized carbons (Fsp3) is 0.387.